The minimum atomic E-state index is -3.06. The number of para-hydroxylation sites is 1. The summed E-state index contributed by atoms with van der Waals surface area (Å²) in [5.41, 5.74) is 8.26. The van der Waals surface area contributed by atoms with E-state index in [2.05, 4.69) is 16.0 Å². The van der Waals surface area contributed by atoms with Gasteiger partial charge in [0.25, 0.3) is 5.91 Å². The number of hydrogen-bond acceptors (Lipinski definition) is 5. The lowest BCUT2D eigenvalue weighted by atomic mass is 10.1. The van der Waals surface area contributed by atoms with Gasteiger partial charge in [0.05, 0.1) is 22.8 Å². The first kappa shape index (κ1) is 21.8. The molecule has 2 N–H and O–H groups in total. The molecule has 1 atom stereocenters. The number of hydrogen-bond donors (Lipinski definition) is 2. The highest BCUT2D eigenvalue weighted by atomic mass is 32.2. The van der Waals surface area contributed by atoms with E-state index in [4.69, 9.17) is 0 Å². The lowest BCUT2D eigenvalue weighted by molar-refractivity contribution is -0.122. The largest absolute Gasteiger partial charge is 0.273 e. The number of rotatable bonds is 5. The van der Waals surface area contributed by atoms with Crippen LogP contribution in [-0.4, -0.2) is 41.5 Å². The first-order valence-corrected chi connectivity index (χ1v) is 12.1. The third-order valence-electron chi connectivity index (χ3n) is 5.39. The summed E-state index contributed by atoms with van der Waals surface area (Å²) in [6.07, 6.45) is 2.14. The molecule has 3 aromatic rings. The van der Waals surface area contributed by atoms with E-state index in [9.17, 15) is 18.0 Å². The quantitative estimate of drug-likeness (QED) is 0.578. The average molecular weight is 453 g/mol. The van der Waals surface area contributed by atoms with E-state index in [1.54, 1.807) is 10.9 Å². The second-order valence-electron chi connectivity index (χ2n) is 8.02. The number of carbonyl (C=O) groups is 2. The van der Waals surface area contributed by atoms with Crippen LogP contribution in [-0.2, 0) is 14.6 Å². The van der Waals surface area contributed by atoms with Gasteiger partial charge in [0.1, 0.15) is 5.69 Å². The van der Waals surface area contributed by atoms with Gasteiger partial charge in [-0.25, -0.2) is 13.1 Å². The minimum absolute atomic E-state index is 0.00964. The van der Waals surface area contributed by atoms with Crippen molar-refractivity contribution in [3.63, 3.8) is 0 Å². The van der Waals surface area contributed by atoms with Gasteiger partial charge in [-0.2, -0.15) is 5.10 Å². The predicted octanol–water partition coefficient (Wildman–Crippen LogP) is 2.43. The SMILES string of the molecule is Cc1cccc(-c2nn(-c3ccccc3)cc2C(=O)NNC(=O)C[C@H]2CCS(=O)(=O)C2)c1. The summed E-state index contributed by atoms with van der Waals surface area (Å²) in [7, 11) is -3.06. The molecule has 1 aliphatic rings. The third-order valence-corrected chi connectivity index (χ3v) is 7.22. The Morgan fingerprint density at radius 2 is 1.88 bits per heavy atom. The van der Waals surface area contributed by atoms with Crippen LogP contribution < -0.4 is 10.9 Å². The molecule has 1 fully saturated rings. The van der Waals surface area contributed by atoms with Crippen molar-refractivity contribution in [1.29, 1.82) is 0 Å². The summed E-state index contributed by atoms with van der Waals surface area (Å²) in [6, 6.07) is 17.1. The van der Waals surface area contributed by atoms with Gasteiger partial charge < -0.3 is 0 Å². The van der Waals surface area contributed by atoms with Crippen LogP contribution in [0.25, 0.3) is 16.9 Å². The van der Waals surface area contributed by atoms with Crippen LogP contribution in [0, 0.1) is 12.8 Å². The van der Waals surface area contributed by atoms with E-state index in [1.165, 1.54) is 0 Å². The molecule has 1 saturated heterocycles. The van der Waals surface area contributed by atoms with E-state index in [-0.39, 0.29) is 23.8 Å². The number of aromatic nitrogens is 2. The number of amides is 2. The van der Waals surface area contributed by atoms with Gasteiger partial charge in [-0.1, -0.05) is 42.0 Å². The van der Waals surface area contributed by atoms with Gasteiger partial charge in [-0.05, 0) is 37.5 Å². The zero-order valence-electron chi connectivity index (χ0n) is 17.6. The first-order chi connectivity index (χ1) is 15.3. The van der Waals surface area contributed by atoms with Crippen molar-refractivity contribution in [1.82, 2.24) is 20.6 Å². The molecule has 4 rings (SSSR count). The lowest BCUT2D eigenvalue weighted by Gasteiger charge is -2.10. The van der Waals surface area contributed by atoms with E-state index in [1.807, 2.05) is 61.5 Å². The fraction of sp³-hybridized carbons (Fsp3) is 0.261. The normalized spacial score (nSPS) is 17.1. The molecule has 1 aromatic heterocycles. The molecule has 1 aliphatic heterocycles. The monoisotopic (exact) mass is 452 g/mol. The van der Waals surface area contributed by atoms with Crippen LogP contribution >= 0.6 is 0 Å². The molecule has 0 radical (unpaired) electrons. The first-order valence-electron chi connectivity index (χ1n) is 10.3. The van der Waals surface area contributed by atoms with Crippen LogP contribution in [0.2, 0.25) is 0 Å². The van der Waals surface area contributed by atoms with Crippen LogP contribution in [0.4, 0.5) is 0 Å². The molecular formula is C23H24N4O4S. The van der Waals surface area contributed by atoms with Gasteiger partial charge in [-0.15, -0.1) is 0 Å². The summed E-state index contributed by atoms with van der Waals surface area (Å²) in [5.74, 6) is -1.03. The Hall–Kier alpha value is -3.46. The summed E-state index contributed by atoms with van der Waals surface area (Å²) in [5, 5.41) is 4.62. The maximum Gasteiger partial charge on any atom is 0.273 e. The van der Waals surface area contributed by atoms with Gasteiger partial charge in [0.2, 0.25) is 5.91 Å². The highest BCUT2D eigenvalue weighted by Gasteiger charge is 2.29. The molecule has 2 aromatic carbocycles. The van der Waals surface area contributed by atoms with Crippen molar-refractivity contribution in [2.45, 2.75) is 19.8 Å². The second kappa shape index (κ2) is 8.96. The maximum absolute atomic E-state index is 12.9. The predicted molar refractivity (Wildman–Crippen MR) is 121 cm³/mol. The minimum Gasteiger partial charge on any atom is -0.273 e. The average Bonchev–Trinajstić information content (AvgIpc) is 3.36. The van der Waals surface area contributed by atoms with E-state index in [0.29, 0.717) is 17.7 Å². The lowest BCUT2D eigenvalue weighted by Crippen LogP contribution is -2.42. The summed E-state index contributed by atoms with van der Waals surface area (Å²) < 4.78 is 24.8. The van der Waals surface area contributed by atoms with Crippen LogP contribution in [0.15, 0.2) is 60.8 Å². The molecular weight excluding hydrogens is 428 g/mol. The molecule has 0 saturated carbocycles. The summed E-state index contributed by atoms with van der Waals surface area (Å²) in [6.45, 7) is 1.96. The molecule has 9 heteroatoms. The maximum atomic E-state index is 12.9. The Kier molecular flexibility index (Phi) is 6.09. The summed E-state index contributed by atoms with van der Waals surface area (Å²) in [4.78, 5) is 25.2. The molecule has 0 unspecified atom stereocenters. The van der Waals surface area contributed by atoms with Crippen molar-refractivity contribution in [3.8, 4) is 16.9 Å². The molecule has 2 heterocycles. The number of nitrogens with zero attached hydrogens (tertiary/aromatic N) is 2. The molecule has 32 heavy (non-hydrogen) atoms. The fourth-order valence-electron chi connectivity index (χ4n) is 3.80. The number of hydrazine groups is 1. The zero-order valence-corrected chi connectivity index (χ0v) is 18.4. The number of benzene rings is 2. The molecule has 0 spiro atoms. The smallest absolute Gasteiger partial charge is 0.273 e. The second-order valence-corrected chi connectivity index (χ2v) is 10.2. The third kappa shape index (κ3) is 5.05. The van der Waals surface area contributed by atoms with Crippen molar-refractivity contribution >= 4 is 21.7 Å². The number of sulfone groups is 1. The van der Waals surface area contributed by atoms with Crippen molar-refractivity contribution < 1.29 is 18.0 Å². The Morgan fingerprint density at radius 1 is 1.09 bits per heavy atom. The van der Waals surface area contributed by atoms with Gasteiger partial charge in [-0.3, -0.25) is 20.4 Å². The standard InChI is InChI=1S/C23H24N4O4S/c1-16-6-5-7-18(12-16)22-20(14-27(26-22)19-8-3-2-4-9-19)23(29)25-24-21(28)13-17-10-11-32(30,31)15-17/h2-9,12,14,17H,10-11,13,15H2,1H3,(H,24,28)(H,25,29)/t17-/m1/s1. The van der Waals surface area contributed by atoms with Crippen molar-refractivity contribution in [2.24, 2.45) is 5.92 Å². The van der Waals surface area contributed by atoms with Crippen LogP contribution in [0.1, 0.15) is 28.8 Å². The number of carbonyl (C=O) groups excluding carboxylic acids is 2. The highest BCUT2D eigenvalue weighted by Crippen LogP contribution is 2.25. The topological polar surface area (TPSA) is 110 Å². The highest BCUT2D eigenvalue weighted by molar-refractivity contribution is 7.91. The van der Waals surface area contributed by atoms with Crippen molar-refractivity contribution in [2.75, 3.05) is 11.5 Å². The number of aryl methyl sites for hydroxylation is 1. The van der Waals surface area contributed by atoms with Gasteiger partial charge in [0, 0.05) is 18.2 Å². The Bertz CT molecular complexity index is 1250. The van der Waals surface area contributed by atoms with E-state index < -0.39 is 21.7 Å². The Balaban J connectivity index is 1.53. The molecule has 0 aliphatic carbocycles. The Morgan fingerprint density at radius 3 is 2.56 bits per heavy atom. The van der Waals surface area contributed by atoms with Crippen molar-refractivity contribution in [3.05, 3.63) is 71.9 Å². The van der Waals surface area contributed by atoms with Gasteiger partial charge in [0.15, 0.2) is 9.84 Å². The van der Waals surface area contributed by atoms with E-state index >= 15 is 0 Å². The van der Waals surface area contributed by atoms with E-state index in [0.717, 1.165) is 16.8 Å². The van der Waals surface area contributed by atoms with Gasteiger partial charge >= 0.3 is 0 Å². The zero-order chi connectivity index (χ0) is 22.7. The van der Waals surface area contributed by atoms with Crippen LogP contribution in [0.3, 0.4) is 0 Å². The molecule has 8 nitrogen and oxygen atoms in total. The molecule has 2 amide bonds. The molecule has 0 bridgehead atoms. The van der Waals surface area contributed by atoms with Crippen LogP contribution in [0.5, 0.6) is 0 Å². The Labute approximate surface area is 186 Å². The molecule has 166 valence electrons. The fourth-order valence-corrected chi connectivity index (χ4v) is 5.66. The number of nitrogens with one attached hydrogen (secondary N) is 2. The summed E-state index contributed by atoms with van der Waals surface area (Å²) >= 11 is 0.